The lowest BCUT2D eigenvalue weighted by Crippen LogP contribution is -2.51. The van der Waals surface area contributed by atoms with Crippen LogP contribution < -0.4 is 5.32 Å². The molecule has 1 atom stereocenters. The molecular formula is C26H32Cl2N2O2. The Kier molecular flexibility index (Phi) is 9.01. The van der Waals surface area contributed by atoms with E-state index in [4.69, 9.17) is 23.2 Å². The van der Waals surface area contributed by atoms with E-state index in [1.165, 1.54) is 6.42 Å². The van der Waals surface area contributed by atoms with Gasteiger partial charge in [-0.15, -0.1) is 0 Å². The summed E-state index contributed by atoms with van der Waals surface area (Å²) in [6.07, 6.45) is 6.30. The van der Waals surface area contributed by atoms with Crippen LogP contribution >= 0.6 is 23.2 Å². The first-order valence-electron chi connectivity index (χ1n) is 11.5. The fourth-order valence-corrected chi connectivity index (χ4v) is 4.72. The zero-order chi connectivity index (χ0) is 23.1. The van der Waals surface area contributed by atoms with E-state index in [0.717, 1.165) is 42.4 Å². The molecule has 1 N–H and O–H groups in total. The van der Waals surface area contributed by atoms with Crippen LogP contribution in [-0.4, -0.2) is 28.8 Å². The quantitative estimate of drug-likeness (QED) is 0.502. The van der Waals surface area contributed by atoms with Gasteiger partial charge in [0.15, 0.2) is 0 Å². The Morgan fingerprint density at radius 1 is 1.03 bits per heavy atom. The highest BCUT2D eigenvalue weighted by Gasteiger charge is 2.30. The average molecular weight is 475 g/mol. The van der Waals surface area contributed by atoms with Crippen molar-refractivity contribution in [2.75, 3.05) is 0 Å². The SMILES string of the molecule is CCC(C(=O)NC1CCCCC1)N(Cc1ccc(Cl)c(Cl)c1)C(=O)Cc1cccc(C)c1. The van der Waals surface area contributed by atoms with Crippen LogP contribution in [0.15, 0.2) is 42.5 Å². The first-order valence-corrected chi connectivity index (χ1v) is 12.2. The third kappa shape index (κ3) is 6.73. The standard InChI is InChI=1S/C26H32Cl2N2O2/c1-3-24(26(32)29-21-10-5-4-6-11-21)30(17-20-12-13-22(27)23(28)15-20)25(31)16-19-9-7-8-18(2)14-19/h7-9,12-15,21,24H,3-6,10-11,16-17H2,1-2H3,(H,29,32). The molecule has 172 valence electrons. The number of hydrogen-bond acceptors (Lipinski definition) is 2. The number of carbonyl (C=O) groups is 2. The molecule has 0 saturated heterocycles. The average Bonchev–Trinajstić information content (AvgIpc) is 2.76. The molecule has 3 rings (SSSR count). The van der Waals surface area contributed by atoms with Crippen LogP contribution in [0.1, 0.15) is 62.1 Å². The predicted octanol–water partition coefficient (Wildman–Crippen LogP) is 6.10. The smallest absolute Gasteiger partial charge is 0.243 e. The first kappa shape index (κ1) is 24.6. The van der Waals surface area contributed by atoms with Gasteiger partial charge in [0.2, 0.25) is 11.8 Å². The Balaban J connectivity index is 1.83. The van der Waals surface area contributed by atoms with Crippen molar-refractivity contribution in [2.45, 2.75) is 77.4 Å². The van der Waals surface area contributed by atoms with Gasteiger partial charge in [0, 0.05) is 12.6 Å². The van der Waals surface area contributed by atoms with E-state index >= 15 is 0 Å². The van der Waals surface area contributed by atoms with E-state index in [2.05, 4.69) is 5.32 Å². The maximum atomic E-state index is 13.5. The van der Waals surface area contributed by atoms with Gasteiger partial charge in [-0.25, -0.2) is 0 Å². The van der Waals surface area contributed by atoms with Crippen LogP contribution in [-0.2, 0) is 22.6 Å². The third-order valence-electron chi connectivity index (χ3n) is 6.11. The minimum Gasteiger partial charge on any atom is -0.352 e. The number of halogens is 2. The van der Waals surface area contributed by atoms with E-state index in [1.807, 2.05) is 44.2 Å². The molecule has 2 aromatic carbocycles. The molecule has 1 aliphatic rings. The minimum absolute atomic E-state index is 0.0722. The molecule has 0 aliphatic heterocycles. The van der Waals surface area contributed by atoms with E-state index in [9.17, 15) is 9.59 Å². The van der Waals surface area contributed by atoms with Gasteiger partial charge >= 0.3 is 0 Å². The van der Waals surface area contributed by atoms with Crippen molar-refractivity contribution in [2.24, 2.45) is 0 Å². The zero-order valence-electron chi connectivity index (χ0n) is 18.9. The van der Waals surface area contributed by atoms with Crippen LogP contribution in [0.2, 0.25) is 10.0 Å². The molecule has 1 unspecified atom stereocenters. The molecule has 0 radical (unpaired) electrons. The third-order valence-corrected chi connectivity index (χ3v) is 6.85. The van der Waals surface area contributed by atoms with Crippen molar-refractivity contribution < 1.29 is 9.59 Å². The van der Waals surface area contributed by atoms with E-state index in [1.54, 1.807) is 17.0 Å². The van der Waals surface area contributed by atoms with Crippen molar-refractivity contribution in [3.05, 3.63) is 69.2 Å². The van der Waals surface area contributed by atoms with Crippen molar-refractivity contribution in [1.29, 1.82) is 0 Å². The molecular weight excluding hydrogens is 443 g/mol. The van der Waals surface area contributed by atoms with Crippen molar-refractivity contribution in [3.63, 3.8) is 0 Å². The van der Waals surface area contributed by atoms with Gasteiger partial charge in [0.05, 0.1) is 16.5 Å². The first-order chi connectivity index (χ1) is 15.4. The molecule has 1 fully saturated rings. The number of aryl methyl sites for hydroxylation is 1. The van der Waals surface area contributed by atoms with Gasteiger partial charge in [-0.05, 0) is 49.4 Å². The molecule has 2 aromatic rings. The van der Waals surface area contributed by atoms with Crippen molar-refractivity contribution >= 4 is 35.0 Å². The number of carbonyl (C=O) groups excluding carboxylic acids is 2. The second-order valence-electron chi connectivity index (χ2n) is 8.70. The number of hydrogen-bond donors (Lipinski definition) is 1. The van der Waals surface area contributed by atoms with Gasteiger partial charge < -0.3 is 10.2 Å². The number of benzene rings is 2. The Labute approximate surface area is 201 Å². The molecule has 0 bridgehead atoms. The molecule has 1 saturated carbocycles. The van der Waals surface area contributed by atoms with Crippen LogP contribution in [0.3, 0.4) is 0 Å². The van der Waals surface area contributed by atoms with Gasteiger partial charge in [0.1, 0.15) is 6.04 Å². The monoisotopic (exact) mass is 474 g/mol. The summed E-state index contributed by atoms with van der Waals surface area (Å²) in [5.74, 6) is -0.149. The Bertz CT molecular complexity index is 941. The minimum atomic E-state index is -0.538. The van der Waals surface area contributed by atoms with Crippen molar-refractivity contribution in [1.82, 2.24) is 10.2 Å². The fraction of sp³-hybridized carbons (Fsp3) is 0.462. The Hall–Kier alpha value is -2.04. The van der Waals surface area contributed by atoms with E-state index in [0.29, 0.717) is 23.0 Å². The molecule has 2 amide bonds. The maximum absolute atomic E-state index is 13.5. The number of nitrogens with zero attached hydrogens (tertiary/aromatic N) is 1. The van der Waals surface area contributed by atoms with Crippen molar-refractivity contribution in [3.8, 4) is 0 Å². The lowest BCUT2D eigenvalue weighted by molar-refractivity contribution is -0.141. The zero-order valence-corrected chi connectivity index (χ0v) is 20.4. The highest BCUT2D eigenvalue weighted by molar-refractivity contribution is 6.42. The highest BCUT2D eigenvalue weighted by atomic mass is 35.5. The Morgan fingerprint density at radius 3 is 2.44 bits per heavy atom. The summed E-state index contributed by atoms with van der Waals surface area (Å²) in [5.41, 5.74) is 2.89. The van der Waals surface area contributed by atoms with Gasteiger partial charge in [-0.1, -0.05) is 85.3 Å². The molecule has 6 heteroatoms. The van der Waals surface area contributed by atoms with Crippen LogP contribution in [0.25, 0.3) is 0 Å². The summed E-state index contributed by atoms with van der Waals surface area (Å²) >= 11 is 12.3. The molecule has 32 heavy (non-hydrogen) atoms. The van der Waals surface area contributed by atoms with E-state index in [-0.39, 0.29) is 24.3 Å². The van der Waals surface area contributed by atoms with Gasteiger partial charge in [-0.3, -0.25) is 9.59 Å². The summed E-state index contributed by atoms with van der Waals surface area (Å²) in [6, 6.07) is 12.9. The van der Waals surface area contributed by atoms with Crippen LogP contribution in [0.4, 0.5) is 0 Å². The van der Waals surface area contributed by atoms with Crippen LogP contribution in [0, 0.1) is 6.92 Å². The van der Waals surface area contributed by atoms with E-state index < -0.39 is 6.04 Å². The molecule has 4 nitrogen and oxygen atoms in total. The highest BCUT2D eigenvalue weighted by Crippen LogP contribution is 2.25. The molecule has 1 aliphatic carbocycles. The predicted molar refractivity (Wildman–Crippen MR) is 131 cm³/mol. The lowest BCUT2D eigenvalue weighted by Gasteiger charge is -2.33. The lowest BCUT2D eigenvalue weighted by atomic mass is 9.95. The maximum Gasteiger partial charge on any atom is 0.243 e. The summed E-state index contributed by atoms with van der Waals surface area (Å²) in [4.78, 5) is 28.4. The number of nitrogens with one attached hydrogen (secondary N) is 1. The van der Waals surface area contributed by atoms with Gasteiger partial charge in [-0.2, -0.15) is 0 Å². The number of amides is 2. The van der Waals surface area contributed by atoms with Gasteiger partial charge in [0.25, 0.3) is 0 Å². The Morgan fingerprint density at radius 2 is 1.78 bits per heavy atom. The summed E-state index contributed by atoms with van der Waals surface area (Å²) in [6.45, 7) is 4.26. The summed E-state index contributed by atoms with van der Waals surface area (Å²) in [7, 11) is 0. The topological polar surface area (TPSA) is 49.4 Å². The second kappa shape index (κ2) is 11.7. The molecule has 0 heterocycles. The molecule has 0 spiro atoms. The van der Waals surface area contributed by atoms with Crippen LogP contribution in [0.5, 0.6) is 0 Å². The molecule has 0 aromatic heterocycles. The second-order valence-corrected chi connectivity index (χ2v) is 9.52. The fourth-order valence-electron chi connectivity index (χ4n) is 4.40. The summed E-state index contributed by atoms with van der Waals surface area (Å²) < 4.78 is 0. The largest absolute Gasteiger partial charge is 0.352 e. The number of rotatable bonds is 8. The normalized spacial score (nSPS) is 15.2. The summed E-state index contributed by atoms with van der Waals surface area (Å²) in [5, 5.41) is 4.11.